The third-order valence-corrected chi connectivity index (χ3v) is 9.04. The minimum absolute atomic E-state index is 0.0528. The highest BCUT2D eigenvalue weighted by molar-refractivity contribution is 7.92. The molecule has 0 spiro atoms. The van der Waals surface area contributed by atoms with Crippen molar-refractivity contribution in [3.63, 3.8) is 0 Å². The van der Waals surface area contributed by atoms with E-state index in [1.807, 2.05) is 67.6 Å². The molecule has 0 saturated heterocycles. The molecule has 9 heteroatoms. The van der Waals surface area contributed by atoms with Crippen LogP contribution in [0.4, 0.5) is 5.69 Å². The van der Waals surface area contributed by atoms with E-state index >= 15 is 0 Å². The Hall–Kier alpha value is -4.14. The number of halogens is 1. The third kappa shape index (κ3) is 7.38. The normalized spacial score (nSPS) is 11.9. The van der Waals surface area contributed by atoms with Crippen molar-refractivity contribution in [3.05, 3.63) is 130 Å². The van der Waals surface area contributed by atoms with Crippen molar-refractivity contribution in [1.82, 2.24) is 10.2 Å². The summed E-state index contributed by atoms with van der Waals surface area (Å²) in [5.74, 6) is -0.868. The first-order valence-electron chi connectivity index (χ1n) is 13.5. The van der Waals surface area contributed by atoms with E-state index in [0.29, 0.717) is 16.3 Å². The molecule has 0 aromatic heterocycles. The second-order valence-corrected chi connectivity index (χ2v) is 12.4. The Balaban J connectivity index is 1.80. The molecule has 1 atom stereocenters. The number of rotatable bonds is 11. The first kappa shape index (κ1) is 30.8. The molecule has 0 bridgehead atoms. The van der Waals surface area contributed by atoms with Crippen molar-refractivity contribution in [2.75, 3.05) is 17.9 Å². The van der Waals surface area contributed by atoms with Crippen LogP contribution in [-0.2, 0) is 32.6 Å². The van der Waals surface area contributed by atoms with Gasteiger partial charge in [0.2, 0.25) is 11.8 Å². The van der Waals surface area contributed by atoms with Crippen molar-refractivity contribution in [1.29, 1.82) is 0 Å². The molecule has 42 heavy (non-hydrogen) atoms. The summed E-state index contributed by atoms with van der Waals surface area (Å²) in [4.78, 5) is 29.1. The lowest BCUT2D eigenvalue weighted by Gasteiger charge is -2.34. The zero-order valence-corrected chi connectivity index (χ0v) is 25.4. The lowest BCUT2D eigenvalue weighted by molar-refractivity contribution is -0.139. The fraction of sp³-hybridized carbons (Fsp3) is 0.212. The standard InChI is InChI=1S/C33H34ClN3O4S/c1-24-14-17-29(18-15-24)42(40,41)37(30-19-16-28(34)20-25(30)2)23-32(38)36(22-27-12-8-5-9-13-27)31(33(39)35-3)21-26-10-6-4-7-11-26/h4-20,31H,21-23H2,1-3H3,(H,35,39). The highest BCUT2D eigenvalue weighted by Gasteiger charge is 2.34. The predicted octanol–water partition coefficient (Wildman–Crippen LogP) is 5.54. The van der Waals surface area contributed by atoms with Crippen LogP contribution in [0.2, 0.25) is 5.02 Å². The van der Waals surface area contributed by atoms with Gasteiger partial charge in [-0.3, -0.25) is 13.9 Å². The topological polar surface area (TPSA) is 86.8 Å². The van der Waals surface area contributed by atoms with Crippen molar-refractivity contribution >= 4 is 39.1 Å². The molecule has 0 saturated carbocycles. The number of benzene rings is 4. The number of aryl methyl sites for hydroxylation is 2. The van der Waals surface area contributed by atoms with Crippen LogP contribution < -0.4 is 9.62 Å². The molecule has 1 unspecified atom stereocenters. The van der Waals surface area contributed by atoms with E-state index in [1.165, 1.54) is 24.1 Å². The smallest absolute Gasteiger partial charge is 0.264 e. The number of carbonyl (C=O) groups excluding carboxylic acids is 2. The lowest BCUT2D eigenvalue weighted by Crippen LogP contribution is -2.53. The highest BCUT2D eigenvalue weighted by Crippen LogP contribution is 2.30. The van der Waals surface area contributed by atoms with Crippen LogP contribution in [0.3, 0.4) is 0 Å². The molecule has 4 aromatic carbocycles. The number of hydrogen-bond donors (Lipinski definition) is 1. The molecule has 0 aliphatic rings. The lowest BCUT2D eigenvalue weighted by atomic mass is 10.0. The fourth-order valence-electron chi connectivity index (χ4n) is 4.75. The second kappa shape index (κ2) is 13.7. The van der Waals surface area contributed by atoms with E-state index < -0.39 is 28.5 Å². The molecule has 0 aliphatic heterocycles. The highest BCUT2D eigenvalue weighted by atomic mass is 35.5. The first-order chi connectivity index (χ1) is 20.1. The van der Waals surface area contributed by atoms with Gasteiger partial charge in [0.15, 0.2) is 0 Å². The van der Waals surface area contributed by atoms with Gasteiger partial charge in [-0.05, 0) is 60.9 Å². The Labute approximate surface area is 252 Å². The summed E-state index contributed by atoms with van der Waals surface area (Å²) < 4.78 is 29.3. The van der Waals surface area contributed by atoms with Gasteiger partial charge in [-0.25, -0.2) is 8.42 Å². The minimum atomic E-state index is -4.18. The fourth-order valence-corrected chi connectivity index (χ4v) is 6.46. The number of sulfonamides is 1. The number of nitrogens with zero attached hydrogens (tertiary/aromatic N) is 2. The predicted molar refractivity (Wildman–Crippen MR) is 167 cm³/mol. The van der Waals surface area contributed by atoms with E-state index in [0.717, 1.165) is 21.0 Å². The van der Waals surface area contributed by atoms with Crippen LogP contribution in [0, 0.1) is 13.8 Å². The zero-order valence-electron chi connectivity index (χ0n) is 23.8. The number of nitrogens with one attached hydrogen (secondary N) is 1. The second-order valence-electron chi connectivity index (χ2n) is 10.1. The number of anilines is 1. The molecular weight excluding hydrogens is 570 g/mol. The first-order valence-corrected chi connectivity index (χ1v) is 15.4. The van der Waals surface area contributed by atoms with E-state index in [2.05, 4.69) is 5.32 Å². The van der Waals surface area contributed by atoms with Gasteiger partial charge < -0.3 is 10.2 Å². The van der Waals surface area contributed by atoms with Crippen LogP contribution in [-0.4, -0.2) is 44.8 Å². The SMILES string of the molecule is CNC(=O)C(Cc1ccccc1)N(Cc1ccccc1)C(=O)CN(c1ccc(Cl)cc1C)S(=O)(=O)c1ccc(C)cc1. The Bertz CT molecular complexity index is 1630. The van der Waals surface area contributed by atoms with Gasteiger partial charge in [-0.15, -0.1) is 0 Å². The average Bonchev–Trinajstić information content (AvgIpc) is 2.98. The summed E-state index contributed by atoms with van der Waals surface area (Å²) in [6, 6.07) is 29.2. The van der Waals surface area contributed by atoms with Crippen LogP contribution in [0.1, 0.15) is 22.3 Å². The maximum absolute atomic E-state index is 14.3. The van der Waals surface area contributed by atoms with Crippen molar-refractivity contribution in [3.8, 4) is 0 Å². The molecule has 0 heterocycles. The minimum Gasteiger partial charge on any atom is -0.357 e. The van der Waals surface area contributed by atoms with Gasteiger partial charge >= 0.3 is 0 Å². The summed E-state index contributed by atoms with van der Waals surface area (Å²) in [6.07, 6.45) is 0.254. The van der Waals surface area contributed by atoms with E-state index in [4.69, 9.17) is 11.6 Å². The molecule has 2 amide bonds. The average molecular weight is 604 g/mol. The number of hydrogen-bond acceptors (Lipinski definition) is 4. The zero-order chi connectivity index (χ0) is 30.3. The van der Waals surface area contributed by atoms with Gasteiger partial charge in [-0.1, -0.05) is 90.0 Å². The van der Waals surface area contributed by atoms with E-state index in [9.17, 15) is 18.0 Å². The van der Waals surface area contributed by atoms with Gasteiger partial charge in [0, 0.05) is 25.0 Å². The monoisotopic (exact) mass is 603 g/mol. The van der Waals surface area contributed by atoms with Crippen molar-refractivity contribution in [2.24, 2.45) is 0 Å². The molecule has 218 valence electrons. The molecule has 7 nitrogen and oxygen atoms in total. The van der Waals surface area contributed by atoms with Crippen LogP contribution in [0.15, 0.2) is 108 Å². The quantitative estimate of drug-likeness (QED) is 0.244. The van der Waals surface area contributed by atoms with Crippen LogP contribution in [0.25, 0.3) is 0 Å². The van der Waals surface area contributed by atoms with Crippen molar-refractivity contribution < 1.29 is 18.0 Å². The summed E-state index contributed by atoms with van der Waals surface area (Å²) in [5, 5.41) is 3.14. The van der Waals surface area contributed by atoms with Crippen LogP contribution in [0.5, 0.6) is 0 Å². The molecule has 4 rings (SSSR count). The molecular formula is C33H34ClN3O4S. The Morgan fingerprint density at radius 2 is 1.43 bits per heavy atom. The molecule has 1 N–H and O–H groups in total. The number of likely N-dealkylation sites (N-methyl/N-ethyl adjacent to an activating group) is 1. The van der Waals surface area contributed by atoms with E-state index in [1.54, 1.807) is 37.3 Å². The third-order valence-electron chi connectivity index (χ3n) is 7.03. The molecule has 0 aliphatic carbocycles. The molecule has 0 radical (unpaired) electrons. The van der Waals surface area contributed by atoms with Crippen molar-refractivity contribution in [2.45, 2.75) is 37.8 Å². The van der Waals surface area contributed by atoms with Gasteiger partial charge in [0.05, 0.1) is 10.6 Å². The Morgan fingerprint density at radius 3 is 2.00 bits per heavy atom. The molecule has 4 aromatic rings. The maximum atomic E-state index is 14.3. The van der Waals surface area contributed by atoms with E-state index in [-0.39, 0.29) is 23.8 Å². The number of amides is 2. The summed E-state index contributed by atoms with van der Waals surface area (Å²) in [5.41, 5.74) is 3.50. The van der Waals surface area contributed by atoms with Gasteiger partial charge in [0.1, 0.15) is 12.6 Å². The summed E-state index contributed by atoms with van der Waals surface area (Å²) in [6.45, 7) is 3.21. The Kier molecular flexibility index (Phi) is 10.0. The Morgan fingerprint density at radius 1 is 0.833 bits per heavy atom. The largest absolute Gasteiger partial charge is 0.357 e. The summed E-state index contributed by atoms with van der Waals surface area (Å²) >= 11 is 6.20. The van der Waals surface area contributed by atoms with Gasteiger partial charge in [-0.2, -0.15) is 0 Å². The molecule has 0 fully saturated rings. The van der Waals surface area contributed by atoms with Crippen LogP contribution >= 0.6 is 11.6 Å². The number of carbonyl (C=O) groups is 2. The van der Waals surface area contributed by atoms with Gasteiger partial charge in [0.25, 0.3) is 10.0 Å². The summed E-state index contributed by atoms with van der Waals surface area (Å²) in [7, 11) is -2.65. The maximum Gasteiger partial charge on any atom is 0.264 e.